The van der Waals surface area contributed by atoms with Crippen LogP contribution in [0.3, 0.4) is 0 Å². The molecule has 2 aromatic rings. The molecule has 7 nitrogen and oxygen atoms in total. The average Bonchev–Trinajstić information content (AvgIpc) is 3.05. The molecule has 0 aliphatic heterocycles. The van der Waals surface area contributed by atoms with E-state index in [-0.39, 0.29) is 5.76 Å². The third-order valence-electron chi connectivity index (χ3n) is 2.19. The Morgan fingerprint density at radius 2 is 2.47 bits per heavy atom. The summed E-state index contributed by atoms with van der Waals surface area (Å²) in [6.45, 7) is 4.17. The maximum atomic E-state index is 11.2. The number of methoxy groups -OCH3 is 1. The Bertz CT molecular complexity index is 578. The molecule has 0 radical (unpaired) electrons. The second-order valence-electron chi connectivity index (χ2n) is 3.48. The minimum absolute atomic E-state index is 0.184. The largest absolute Gasteiger partial charge is 0.463 e. The van der Waals surface area contributed by atoms with Crippen molar-refractivity contribution in [2.45, 2.75) is 17.5 Å². The Balaban J connectivity index is 1.98. The Labute approximate surface area is 113 Å². The zero-order valence-corrected chi connectivity index (χ0v) is 11.1. The number of carbonyl (C=O) groups is 1. The second kappa shape index (κ2) is 6.19. The molecule has 100 valence electrons. The first kappa shape index (κ1) is 13.3. The number of thioether (sulfide) groups is 1. The number of carbonyl (C=O) groups excluding carboxylic acids is 1. The molecule has 0 saturated heterocycles. The third-order valence-corrected chi connectivity index (χ3v) is 3.17. The summed E-state index contributed by atoms with van der Waals surface area (Å²) < 4.78 is 11.5. The van der Waals surface area contributed by atoms with Crippen LogP contribution < -0.4 is 0 Å². The molecule has 0 aliphatic rings. The monoisotopic (exact) mass is 280 g/mol. The summed E-state index contributed by atoms with van der Waals surface area (Å²) in [6, 6.07) is 3.30. The van der Waals surface area contributed by atoms with Gasteiger partial charge in [0.05, 0.1) is 19.4 Å². The highest BCUT2D eigenvalue weighted by Crippen LogP contribution is 2.21. The van der Waals surface area contributed by atoms with Gasteiger partial charge in [-0.15, -0.1) is 11.7 Å². The van der Waals surface area contributed by atoms with Crippen LogP contribution in [0.25, 0.3) is 0 Å². The maximum absolute atomic E-state index is 11.2. The molecule has 0 unspecified atom stereocenters. The standard InChI is InChI=1S/C11H12N4O3S/c1-3-6-15-11(12-13-14-15)19-7-8-4-5-9(18-8)10(16)17-2/h3-5H,1,6-7H2,2H3. The number of esters is 1. The van der Waals surface area contributed by atoms with Crippen molar-refractivity contribution in [2.24, 2.45) is 0 Å². The van der Waals surface area contributed by atoms with Gasteiger partial charge in [-0.05, 0) is 22.6 Å². The molecule has 2 aromatic heterocycles. The molecule has 0 amide bonds. The van der Waals surface area contributed by atoms with Gasteiger partial charge >= 0.3 is 5.97 Å². The maximum Gasteiger partial charge on any atom is 0.373 e. The molecule has 2 rings (SSSR count). The highest BCUT2D eigenvalue weighted by Gasteiger charge is 2.12. The van der Waals surface area contributed by atoms with Crippen LogP contribution in [0.4, 0.5) is 0 Å². The first-order valence-electron chi connectivity index (χ1n) is 5.41. The van der Waals surface area contributed by atoms with Crippen molar-refractivity contribution >= 4 is 17.7 Å². The lowest BCUT2D eigenvalue weighted by atomic mass is 10.4. The first-order valence-corrected chi connectivity index (χ1v) is 6.40. The molecule has 0 aromatic carbocycles. The molecular formula is C11H12N4O3S. The van der Waals surface area contributed by atoms with E-state index in [1.165, 1.54) is 18.9 Å². The number of tetrazole rings is 1. The minimum atomic E-state index is -0.493. The van der Waals surface area contributed by atoms with E-state index in [9.17, 15) is 4.79 Å². The highest BCUT2D eigenvalue weighted by molar-refractivity contribution is 7.98. The molecule has 0 atom stereocenters. The molecule has 0 spiro atoms. The van der Waals surface area contributed by atoms with Gasteiger partial charge in [-0.1, -0.05) is 17.8 Å². The van der Waals surface area contributed by atoms with E-state index in [2.05, 4.69) is 26.8 Å². The smallest absolute Gasteiger partial charge is 0.373 e. The van der Waals surface area contributed by atoms with Crippen molar-refractivity contribution in [1.82, 2.24) is 20.2 Å². The van der Waals surface area contributed by atoms with Crippen LogP contribution in [0.1, 0.15) is 16.3 Å². The average molecular weight is 280 g/mol. The van der Waals surface area contributed by atoms with Crippen molar-refractivity contribution in [3.63, 3.8) is 0 Å². The Kier molecular flexibility index (Phi) is 4.35. The van der Waals surface area contributed by atoms with Gasteiger partial charge in [-0.25, -0.2) is 9.48 Å². The van der Waals surface area contributed by atoms with Crippen LogP contribution in [0.15, 0.2) is 34.4 Å². The zero-order valence-electron chi connectivity index (χ0n) is 10.3. The van der Waals surface area contributed by atoms with Crippen LogP contribution in [-0.2, 0) is 17.0 Å². The lowest BCUT2D eigenvalue weighted by molar-refractivity contribution is 0.0563. The first-order chi connectivity index (χ1) is 9.24. The Morgan fingerprint density at radius 3 is 3.21 bits per heavy atom. The van der Waals surface area contributed by atoms with E-state index in [0.717, 1.165) is 0 Å². The summed E-state index contributed by atoms with van der Waals surface area (Å²) in [4.78, 5) is 11.2. The van der Waals surface area contributed by atoms with Gasteiger partial charge in [-0.3, -0.25) is 0 Å². The molecule has 8 heteroatoms. The fourth-order valence-corrected chi connectivity index (χ4v) is 2.12. The van der Waals surface area contributed by atoms with Gasteiger partial charge in [0.15, 0.2) is 0 Å². The number of hydrogen-bond donors (Lipinski definition) is 0. The SMILES string of the molecule is C=CCn1nnnc1SCc1ccc(C(=O)OC)o1. The van der Waals surface area contributed by atoms with Gasteiger partial charge in [0.1, 0.15) is 5.76 Å². The van der Waals surface area contributed by atoms with Crippen LogP contribution >= 0.6 is 11.8 Å². The third kappa shape index (κ3) is 3.22. The highest BCUT2D eigenvalue weighted by atomic mass is 32.2. The number of aromatic nitrogens is 4. The Hall–Kier alpha value is -2.09. The van der Waals surface area contributed by atoms with Gasteiger partial charge in [0, 0.05) is 0 Å². The van der Waals surface area contributed by atoms with Crippen LogP contribution in [0, 0.1) is 0 Å². The number of hydrogen-bond acceptors (Lipinski definition) is 7. The van der Waals surface area contributed by atoms with Crippen LogP contribution in [0.5, 0.6) is 0 Å². The van der Waals surface area contributed by atoms with Gasteiger partial charge < -0.3 is 9.15 Å². The van der Waals surface area contributed by atoms with Crippen molar-refractivity contribution in [3.8, 4) is 0 Å². The van der Waals surface area contributed by atoms with Crippen LogP contribution in [0.2, 0.25) is 0 Å². The van der Waals surface area contributed by atoms with Crippen molar-refractivity contribution in [3.05, 3.63) is 36.3 Å². The predicted octanol–water partition coefficient (Wildman–Crippen LogP) is 1.53. The number of furan rings is 1. The van der Waals surface area contributed by atoms with Crippen molar-refractivity contribution in [1.29, 1.82) is 0 Å². The second-order valence-corrected chi connectivity index (χ2v) is 4.42. The molecular weight excluding hydrogens is 268 g/mol. The summed E-state index contributed by atoms with van der Waals surface area (Å²) >= 11 is 1.41. The van der Waals surface area contributed by atoms with E-state index in [4.69, 9.17) is 4.42 Å². The van der Waals surface area contributed by atoms with Crippen molar-refractivity contribution in [2.75, 3.05) is 7.11 Å². The predicted molar refractivity (Wildman–Crippen MR) is 67.6 cm³/mol. The molecule has 19 heavy (non-hydrogen) atoms. The van der Waals surface area contributed by atoms with E-state index >= 15 is 0 Å². The minimum Gasteiger partial charge on any atom is -0.463 e. The van der Waals surface area contributed by atoms with E-state index in [0.29, 0.717) is 23.2 Å². The van der Waals surface area contributed by atoms with E-state index in [1.54, 1.807) is 22.9 Å². The normalized spacial score (nSPS) is 10.4. The zero-order chi connectivity index (χ0) is 13.7. The lowest BCUT2D eigenvalue weighted by Crippen LogP contribution is -1.99. The number of ether oxygens (including phenoxy) is 1. The molecule has 0 saturated carbocycles. The van der Waals surface area contributed by atoms with E-state index in [1.807, 2.05) is 0 Å². The lowest BCUT2D eigenvalue weighted by Gasteiger charge is -1.99. The van der Waals surface area contributed by atoms with Gasteiger partial charge in [-0.2, -0.15) is 0 Å². The van der Waals surface area contributed by atoms with Crippen LogP contribution in [-0.4, -0.2) is 33.3 Å². The number of nitrogens with zero attached hydrogens (tertiary/aromatic N) is 4. The summed E-state index contributed by atoms with van der Waals surface area (Å²) in [6.07, 6.45) is 1.71. The fourth-order valence-electron chi connectivity index (χ4n) is 1.34. The summed E-state index contributed by atoms with van der Waals surface area (Å²) in [5, 5.41) is 12.0. The molecule has 0 bridgehead atoms. The number of rotatable bonds is 6. The van der Waals surface area contributed by atoms with Gasteiger partial charge in [0.25, 0.3) is 0 Å². The molecule has 0 aliphatic carbocycles. The van der Waals surface area contributed by atoms with Gasteiger partial charge in [0.2, 0.25) is 10.9 Å². The Morgan fingerprint density at radius 1 is 1.63 bits per heavy atom. The quantitative estimate of drug-likeness (QED) is 0.450. The molecule has 0 N–H and O–H groups in total. The summed E-state index contributed by atoms with van der Waals surface area (Å²) in [5.74, 6) is 0.865. The summed E-state index contributed by atoms with van der Waals surface area (Å²) in [7, 11) is 1.31. The molecule has 0 fully saturated rings. The fraction of sp³-hybridized carbons (Fsp3) is 0.273. The summed E-state index contributed by atoms with van der Waals surface area (Å²) in [5.41, 5.74) is 0. The molecule has 2 heterocycles. The number of allylic oxidation sites excluding steroid dienone is 1. The topological polar surface area (TPSA) is 83.0 Å². The van der Waals surface area contributed by atoms with E-state index < -0.39 is 5.97 Å². The van der Waals surface area contributed by atoms with Crippen molar-refractivity contribution < 1.29 is 13.9 Å².